The van der Waals surface area contributed by atoms with Crippen molar-refractivity contribution in [1.29, 1.82) is 0 Å². The third kappa shape index (κ3) is 10.5. The summed E-state index contributed by atoms with van der Waals surface area (Å²) in [6, 6.07) is 0. The van der Waals surface area contributed by atoms with Crippen molar-refractivity contribution in [3.63, 3.8) is 0 Å². The van der Waals surface area contributed by atoms with Crippen LogP contribution in [0.1, 0.15) is 40.0 Å². The molecule has 2 aliphatic rings. The molecule has 0 fully saturated rings. The summed E-state index contributed by atoms with van der Waals surface area (Å²) in [7, 11) is -0.829. The minimum Gasteiger partial charge on any atom is -0.436 e. The van der Waals surface area contributed by atoms with Crippen LogP contribution < -0.4 is 10.8 Å². The molecular weight excluding hydrogens is 407 g/mol. The largest absolute Gasteiger partial charge is 0.436 e. The molecule has 31 heavy (non-hydrogen) atoms. The first-order valence-electron chi connectivity index (χ1n) is 9.40. The summed E-state index contributed by atoms with van der Waals surface area (Å²) >= 11 is 0. The summed E-state index contributed by atoms with van der Waals surface area (Å²) in [4.78, 5) is 68.3. The molecule has 0 atom stereocenters. The van der Waals surface area contributed by atoms with Gasteiger partial charge in [-0.25, -0.2) is 5.34 Å². The molecule has 11 nitrogen and oxygen atoms in total. The Hall–Kier alpha value is -3.12. The van der Waals surface area contributed by atoms with Gasteiger partial charge in [0, 0.05) is 50.2 Å². The highest BCUT2D eigenvalue weighted by Gasteiger charge is 2.23. The van der Waals surface area contributed by atoms with Crippen molar-refractivity contribution in [2.75, 3.05) is 13.1 Å². The van der Waals surface area contributed by atoms with Crippen LogP contribution in [-0.4, -0.2) is 70.3 Å². The Labute approximate surface area is 181 Å². The number of Topliss-reactive ketones (excluding diaryl/α,β-unsaturated/α-hetero) is 1. The molecule has 0 aliphatic carbocycles. The average Bonchev–Trinajstić information content (AvgIpc) is 3.16. The van der Waals surface area contributed by atoms with Crippen LogP contribution in [0, 0.1) is 0 Å². The fraction of sp³-hybridized carbons (Fsp3) is 0.474. The van der Waals surface area contributed by atoms with Crippen molar-refractivity contribution in [3.8, 4) is 0 Å². The molecule has 0 aromatic heterocycles. The molecule has 12 heteroatoms. The second kappa shape index (κ2) is 14.0. The Morgan fingerprint density at radius 1 is 0.871 bits per heavy atom. The van der Waals surface area contributed by atoms with Gasteiger partial charge in [0.1, 0.15) is 5.78 Å². The van der Waals surface area contributed by atoms with E-state index in [4.69, 9.17) is 5.02 Å². The smallest absolute Gasteiger partial charge is 0.392 e. The third-order valence-electron chi connectivity index (χ3n) is 3.92. The van der Waals surface area contributed by atoms with Gasteiger partial charge in [-0.2, -0.15) is 0 Å². The van der Waals surface area contributed by atoms with Crippen LogP contribution in [0.3, 0.4) is 0 Å². The predicted molar refractivity (Wildman–Crippen MR) is 113 cm³/mol. The molecule has 0 aromatic carbocycles. The zero-order valence-electron chi connectivity index (χ0n) is 16.9. The fourth-order valence-corrected chi connectivity index (χ4v) is 2.43. The number of imide groups is 2. The van der Waals surface area contributed by atoms with Crippen molar-refractivity contribution >= 4 is 42.4 Å². The Morgan fingerprint density at radius 2 is 1.26 bits per heavy atom. The number of hydrogen-bond donors (Lipinski definition) is 3. The second-order valence-electron chi connectivity index (χ2n) is 6.60. The Bertz CT molecular complexity index is 728. The number of rotatable bonds is 10. The average molecular weight is 436 g/mol. The molecule has 2 aliphatic heterocycles. The summed E-state index contributed by atoms with van der Waals surface area (Å²) in [5.41, 5.74) is 2.29. The van der Waals surface area contributed by atoms with E-state index in [-0.39, 0.29) is 55.7 Å². The summed E-state index contributed by atoms with van der Waals surface area (Å²) < 4.78 is 0. The lowest BCUT2D eigenvalue weighted by Gasteiger charge is -2.13. The van der Waals surface area contributed by atoms with E-state index in [1.807, 2.05) is 0 Å². The normalized spacial score (nSPS) is 14.4. The third-order valence-corrected chi connectivity index (χ3v) is 3.92. The van der Waals surface area contributed by atoms with E-state index in [2.05, 4.69) is 10.8 Å². The lowest BCUT2D eigenvalue weighted by molar-refractivity contribution is -0.138. The van der Waals surface area contributed by atoms with E-state index in [1.165, 1.54) is 38.1 Å². The van der Waals surface area contributed by atoms with Crippen molar-refractivity contribution in [2.24, 2.45) is 0 Å². The molecule has 0 bridgehead atoms. The highest BCUT2D eigenvalue weighted by Crippen LogP contribution is 2.06. The van der Waals surface area contributed by atoms with Crippen molar-refractivity contribution in [2.45, 2.75) is 46.9 Å². The molecule has 0 unspecified atom stereocenters. The van der Waals surface area contributed by atoms with Crippen LogP contribution in [0.5, 0.6) is 0 Å². The SMILES string of the molecule is C.CB(O)NNC(=O)CCCN1C(=O)C=CC1=O.CC(=O)CCCN1C(=O)C=CC1=O. The van der Waals surface area contributed by atoms with Crippen LogP contribution >= 0.6 is 0 Å². The van der Waals surface area contributed by atoms with Crippen molar-refractivity contribution in [1.82, 2.24) is 20.6 Å². The summed E-state index contributed by atoms with van der Waals surface area (Å²) in [5, 5.41) is 11.2. The topological polar surface area (TPSA) is 153 Å². The van der Waals surface area contributed by atoms with Gasteiger partial charge in [0.15, 0.2) is 0 Å². The lowest BCUT2D eigenvalue weighted by atomic mass is 9.91. The van der Waals surface area contributed by atoms with Gasteiger partial charge in [-0.05, 0) is 26.6 Å². The van der Waals surface area contributed by atoms with E-state index >= 15 is 0 Å². The van der Waals surface area contributed by atoms with E-state index < -0.39 is 7.05 Å². The molecule has 170 valence electrons. The number of nitrogens with one attached hydrogen (secondary N) is 2. The first kappa shape index (κ1) is 27.9. The van der Waals surface area contributed by atoms with Gasteiger partial charge in [-0.15, -0.1) is 0 Å². The molecule has 0 saturated carbocycles. The summed E-state index contributed by atoms with van der Waals surface area (Å²) in [6.45, 7) is 3.51. The van der Waals surface area contributed by atoms with Crippen LogP contribution in [0.15, 0.2) is 24.3 Å². The molecule has 0 radical (unpaired) electrons. The molecular formula is C19H29BN4O7. The quantitative estimate of drug-likeness (QED) is 0.232. The molecule has 5 amide bonds. The number of nitrogens with zero attached hydrogens (tertiary/aromatic N) is 2. The monoisotopic (exact) mass is 436 g/mol. The second-order valence-corrected chi connectivity index (χ2v) is 6.60. The van der Waals surface area contributed by atoms with Crippen LogP contribution in [0.2, 0.25) is 6.82 Å². The summed E-state index contributed by atoms with van der Waals surface area (Å²) in [6.07, 6.45) is 6.41. The maximum Gasteiger partial charge on any atom is 0.392 e. The zero-order chi connectivity index (χ0) is 22.7. The van der Waals surface area contributed by atoms with Gasteiger partial charge in [-0.3, -0.25) is 33.8 Å². The predicted octanol–water partition coefficient (Wildman–Crippen LogP) is -0.661. The molecule has 0 saturated heterocycles. The van der Waals surface area contributed by atoms with Crippen LogP contribution in [0.25, 0.3) is 0 Å². The van der Waals surface area contributed by atoms with Gasteiger partial charge >= 0.3 is 7.05 Å². The van der Waals surface area contributed by atoms with Gasteiger partial charge < -0.3 is 15.2 Å². The summed E-state index contributed by atoms with van der Waals surface area (Å²) in [5.74, 6) is -1.50. The van der Waals surface area contributed by atoms with Crippen molar-refractivity contribution < 1.29 is 33.8 Å². The van der Waals surface area contributed by atoms with Crippen LogP contribution in [0.4, 0.5) is 0 Å². The molecule has 0 spiro atoms. The van der Waals surface area contributed by atoms with E-state index in [0.717, 1.165) is 9.80 Å². The molecule has 0 aromatic rings. The van der Waals surface area contributed by atoms with Gasteiger partial charge in [-0.1, -0.05) is 7.43 Å². The fourth-order valence-electron chi connectivity index (χ4n) is 2.43. The minimum absolute atomic E-state index is 0. The number of carbonyl (C=O) groups is 6. The Kier molecular flexibility index (Phi) is 12.6. The first-order chi connectivity index (χ1) is 14.1. The minimum atomic E-state index is -0.829. The molecule has 2 rings (SSSR count). The number of amides is 5. The highest BCUT2D eigenvalue weighted by atomic mass is 16.2. The standard InChI is InChI=1S/C9H14BN3O4.C9H11NO3.CH4/c1-10(17)12-11-7(14)3-2-6-13-8(15)4-5-9(13)16;1-7(11)3-2-6-10-8(12)4-5-9(10)13;/h4-5,12,17H,2-3,6H2,1H3,(H,11,14);4-5H,2-3,6H2,1H3;1H4. The van der Waals surface area contributed by atoms with E-state index in [0.29, 0.717) is 25.8 Å². The van der Waals surface area contributed by atoms with E-state index in [1.54, 1.807) is 0 Å². The maximum atomic E-state index is 11.2. The van der Waals surface area contributed by atoms with Gasteiger partial charge in [0.2, 0.25) is 5.91 Å². The first-order valence-corrected chi connectivity index (χ1v) is 9.40. The molecule has 3 N–H and O–H groups in total. The van der Waals surface area contributed by atoms with Crippen molar-refractivity contribution in [3.05, 3.63) is 24.3 Å². The highest BCUT2D eigenvalue weighted by molar-refractivity contribution is 6.45. The zero-order valence-corrected chi connectivity index (χ0v) is 16.9. The van der Waals surface area contributed by atoms with Gasteiger partial charge in [0.05, 0.1) is 0 Å². The lowest BCUT2D eigenvalue weighted by Crippen LogP contribution is -2.45. The Morgan fingerprint density at radius 3 is 1.61 bits per heavy atom. The van der Waals surface area contributed by atoms with Gasteiger partial charge in [0.25, 0.3) is 23.6 Å². The van der Waals surface area contributed by atoms with E-state index in [9.17, 15) is 28.8 Å². The van der Waals surface area contributed by atoms with Crippen LogP contribution in [-0.2, 0) is 28.8 Å². The number of carbonyl (C=O) groups excluding carboxylic acids is 6. The number of hydrogen-bond acceptors (Lipinski definition) is 8. The number of ketones is 1. The maximum absolute atomic E-state index is 11.2. The Balaban J connectivity index is 0.000000581. The number of hydrazine groups is 1. The molecule has 2 heterocycles.